The Morgan fingerprint density at radius 3 is 2.95 bits per heavy atom. The first kappa shape index (κ1) is 13.2. The van der Waals surface area contributed by atoms with Gasteiger partial charge in [-0.05, 0) is 50.9 Å². The molecule has 0 spiro atoms. The van der Waals surface area contributed by atoms with Crippen LogP contribution in [0.15, 0.2) is 18.3 Å². The normalized spacial score (nSPS) is 24.5. The zero-order valence-electron chi connectivity index (χ0n) is 12.3. The number of nitrogens with one attached hydrogen (secondary N) is 1. The quantitative estimate of drug-likeness (QED) is 0.920. The van der Waals surface area contributed by atoms with Crippen molar-refractivity contribution in [3.63, 3.8) is 0 Å². The summed E-state index contributed by atoms with van der Waals surface area (Å²) in [5, 5.41) is 3.44. The van der Waals surface area contributed by atoms with Crippen LogP contribution in [0.3, 0.4) is 0 Å². The van der Waals surface area contributed by atoms with E-state index in [2.05, 4.69) is 20.9 Å². The average Bonchev–Trinajstić information content (AvgIpc) is 2.96. The van der Waals surface area contributed by atoms with Crippen molar-refractivity contribution in [1.29, 1.82) is 0 Å². The minimum atomic E-state index is 0.392. The van der Waals surface area contributed by atoms with Crippen LogP contribution in [0.4, 0.5) is 0 Å². The number of aromatic nitrogens is 3. The van der Waals surface area contributed by atoms with Gasteiger partial charge in [0.1, 0.15) is 11.3 Å². The molecule has 0 bridgehead atoms. The standard InChI is InChI=1S/C16H22N4O/c1-4-14-16(18-7-1)20(13-3-2-10-21-11-13)15(19-14)12-5-8-17-9-6-12/h1,4,7,12-13,17H,2-3,5-6,8-11H2. The molecule has 2 fully saturated rings. The van der Waals surface area contributed by atoms with Crippen LogP contribution in [0.25, 0.3) is 11.2 Å². The maximum absolute atomic E-state index is 5.71. The summed E-state index contributed by atoms with van der Waals surface area (Å²) in [6.45, 7) is 3.85. The monoisotopic (exact) mass is 286 g/mol. The Labute approximate surface area is 124 Å². The number of fused-ring (bicyclic) bond motifs is 1. The molecule has 0 aromatic carbocycles. The molecule has 0 aliphatic carbocycles. The van der Waals surface area contributed by atoms with E-state index in [1.165, 1.54) is 12.2 Å². The van der Waals surface area contributed by atoms with Crippen LogP contribution in [-0.4, -0.2) is 40.8 Å². The molecule has 5 nitrogen and oxygen atoms in total. The molecule has 21 heavy (non-hydrogen) atoms. The number of hydrogen-bond acceptors (Lipinski definition) is 4. The van der Waals surface area contributed by atoms with Crippen LogP contribution in [0.5, 0.6) is 0 Å². The Balaban J connectivity index is 1.79. The zero-order chi connectivity index (χ0) is 14.1. The summed E-state index contributed by atoms with van der Waals surface area (Å²) in [6, 6.07) is 4.44. The maximum atomic E-state index is 5.71. The lowest BCUT2D eigenvalue weighted by atomic mass is 9.96. The number of rotatable bonds is 2. The van der Waals surface area contributed by atoms with Crippen molar-refractivity contribution in [2.45, 2.75) is 37.6 Å². The first-order valence-corrected chi connectivity index (χ1v) is 8.05. The third kappa shape index (κ3) is 2.45. The Morgan fingerprint density at radius 1 is 1.24 bits per heavy atom. The molecule has 2 aromatic rings. The van der Waals surface area contributed by atoms with Gasteiger partial charge in [0.05, 0.1) is 12.6 Å². The fourth-order valence-electron chi connectivity index (χ4n) is 3.60. The van der Waals surface area contributed by atoms with Gasteiger partial charge in [-0.1, -0.05) is 0 Å². The average molecular weight is 286 g/mol. The molecule has 0 saturated carbocycles. The summed E-state index contributed by atoms with van der Waals surface area (Å²) in [5.74, 6) is 1.77. The van der Waals surface area contributed by atoms with E-state index in [9.17, 15) is 0 Å². The molecule has 1 atom stereocenters. The topological polar surface area (TPSA) is 52.0 Å². The Bertz CT molecular complexity index is 612. The molecule has 1 N–H and O–H groups in total. The molecule has 4 rings (SSSR count). The summed E-state index contributed by atoms with van der Waals surface area (Å²) in [4.78, 5) is 9.53. The van der Waals surface area contributed by atoms with Gasteiger partial charge in [0, 0.05) is 18.7 Å². The molecule has 1 unspecified atom stereocenters. The number of piperidine rings is 1. The number of hydrogen-bond donors (Lipinski definition) is 1. The molecule has 4 heterocycles. The van der Waals surface area contributed by atoms with Crippen molar-refractivity contribution in [3.05, 3.63) is 24.2 Å². The second kappa shape index (κ2) is 5.73. The van der Waals surface area contributed by atoms with Crippen LogP contribution in [0.1, 0.15) is 43.5 Å². The zero-order valence-corrected chi connectivity index (χ0v) is 12.3. The molecule has 2 aliphatic heterocycles. The fraction of sp³-hybridized carbons (Fsp3) is 0.625. The molecule has 2 aliphatic rings. The summed E-state index contributed by atoms with van der Waals surface area (Å²) in [5.41, 5.74) is 2.05. The van der Waals surface area contributed by atoms with E-state index in [-0.39, 0.29) is 0 Å². The van der Waals surface area contributed by atoms with Crippen LogP contribution >= 0.6 is 0 Å². The highest BCUT2D eigenvalue weighted by atomic mass is 16.5. The summed E-state index contributed by atoms with van der Waals surface area (Å²) in [6.07, 6.45) is 6.49. The SMILES string of the molecule is c1cnc2c(c1)nc(C1CCNCC1)n2C1CCCOC1. The van der Waals surface area contributed by atoms with Crippen molar-refractivity contribution in [3.8, 4) is 0 Å². The third-order valence-electron chi connectivity index (χ3n) is 4.68. The van der Waals surface area contributed by atoms with Crippen molar-refractivity contribution in [2.24, 2.45) is 0 Å². The molecule has 112 valence electrons. The van der Waals surface area contributed by atoms with Crippen LogP contribution in [0, 0.1) is 0 Å². The van der Waals surface area contributed by atoms with Gasteiger partial charge in [0.25, 0.3) is 0 Å². The van der Waals surface area contributed by atoms with E-state index < -0.39 is 0 Å². The Kier molecular flexibility index (Phi) is 3.61. The van der Waals surface area contributed by atoms with Gasteiger partial charge in [-0.25, -0.2) is 9.97 Å². The minimum absolute atomic E-state index is 0.392. The van der Waals surface area contributed by atoms with E-state index in [4.69, 9.17) is 9.72 Å². The third-order valence-corrected chi connectivity index (χ3v) is 4.68. The highest BCUT2D eigenvalue weighted by Gasteiger charge is 2.27. The number of pyridine rings is 1. The minimum Gasteiger partial charge on any atom is -0.379 e. The van der Waals surface area contributed by atoms with Gasteiger partial charge in [0.2, 0.25) is 0 Å². The molecule has 0 radical (unpaired) electrons. The first-order valence-electron chi connectivity index (χ1n) is 8.05. The van der Waals surface area contributed by atoms with E-state index in [1.807, 2.05) is 12.3 Å². The Hall–Kier alpha value is -1.46. The molecular formula is C16H22N4O. The smallest absolute Gasteiger partial charge is 0.160 e. The van der Waals surface area contributed by atoms with Crippen LogP contribution in [0.2, 0.25) is 0 Å². The highest BCUT2D eigenvalue weighted by molar-refractivity contribution is 5.71. The predicted molar refractivity (Wildman–Crippen MR) is 81.5 cm³/mol. The maximum Gasteiger partial charge on any atom is 0.160 e. The predicted octanol–water partition coefficient (Wildman–Crippen LogP) is 2.25. The van der Waals surface area contributed by atoms with Gasteiger partial charge in [-0.3, -0.25) is 0 Å². The van der Waals surface area contributed by atoms with Crippen molar-refractivity contribution in [1.82, 2.24) is 19.9 Å². The highest BCUT2D eigenvalue weighted by Crippen LogP contribution is 2.32. The van der Waals surface area contributed by atoms with E-state index in [0.29, 0.717) is 12.0 Å². The van der Waals surface area contributed by atoms with E-state index in [0.717, 1.165) is 56.7 Å². The second-order valence-corrected chi connectivity index (χ2v) is 6.08. The van der Waals surface area contributed by atoms with Gasteiger partial charge >= 0.3 is 0 Å². The molecule has 2 saturated heterocycles. The van der Waals surface area contributed by atoms with Gasteiger partial charge in [-0.2, -0.15) is 0 Å². The summed E-state index contributed by atoms with van der Waals surface area (Å²) in [7, 11) is 0. The summed E-state index contributed by atoms with van der Waals surface area (Å²) >= 11 is 0. The van der Waals surface area contributed by atoms with Crippen LogP contribution in [-0.2, 0) is 4.74 Å². The van der Waals surface area contributed by atoms with Crippen molar-refractivity contribution in [2.75, 3.05) is 26.3 Å². The number of imidazole rings is 1. The second-order valence-electron chi connectivity index (χ2n) is 6.08. The van der Waals surface area contributed by atoms with Gasteiger partial charge in [-0.15, -0.1) is 0 Å². The number of nitrogens with zero attached hydrogens (tertiary/aromatic N) is 3. The largest absolute Gasteiger partial charge is 0.379 e. The summed E-state index contributed by atoms with van der Waals surface area (Å²) < 4.78 is 8.09. The lowest BCUT2D eigenvalue weighted by Gasteiger charge is -2.29. The van der Waals surface area contributed by atoms with Crippen molar-refractivity contribution >= 4 is 11.2 Å². The van der Waals surface area contributed by atoms with E-state index >= 15 is 0 Å². The van der Waals surface area contributed by atoms with E-state index in [1.54, 1.807) is 0 Å². The molecule has 2 aromatic heterocycles. The van der Waals surface area contributed by atoms with Crippen molar-refractivity contribution < 1.29 is 4.74 Å². The lowest BCUT2D eigenvalue weighted by molar-refractivity contribution is 0.0588. The van der Waals surface area contributed by atoms with Crippen LogP contribution < -0.4 is 5.32 Å². The fourth-order valence-corrected chi connectivity index (χ4v) is 3.60. The number of ether oxygens (including phenoxy) is 1. The molecule has 0 amide bonds. The Morgan fingerprint density at radius 2 is 2.14 bits per heavy atom. The van der Waals surface area contributed by atoms with Gasteiger partial charge < -0.3 is 14.6 Å². The molecule has 5 heteroatoms. The van der Waals surface area contributed by atoms with Gasteiger partial charge in [0.15, 0.2) is 5.65 Å². The molecular weight excluding hydrogens is 264 g/mol. The lowest BCUT2D eigenvalue weighted by Crippen LogP contribution is -2.30. The first-order chi connectivity index (χ1) is 10.4.